The molecule has 0 bridgehead atoms. The summed E-state index contributed by atoms with van der Waals surface area (Å²) in [4.78, 5) is 24.6. The van der Waals surface area contributed by atoms with Gasteiger partial charge < -0.3 is 19.5 Å². The van der Waals surface area contributed by atoms with Gasteiger partial charge in [-0.1, -0.05) is 35.2 Å². The van der Waals surface area contributed by atoms with E-state index in [-0.39, 0.29) is 17.6 Å². The van der Waals surface area contributed by atoms with Gasteiger partial charge in [-0.3, -0.25) is 14.9 Å². The summed E-state index contributed by atoms with van der Waals surface area (Å²) < 4.78 is 16.5. The number of anilines is 2. The molecule has 0 aliphatic carbocycles. The van der Waals surface area contributed by atoms with E-state index in [2.05, 4.69) is 20.8 Å². The fourth-order valence-corrected chi connectivity index (χ4v) is 4.57. The zero-order valence-corrected chi connectivity index (χ0v) is 21.6. The van der Waals surface area contributed by atoms with E-state index in [9.17, 15) is 9.59 Å². The second kappa shape index (κ2) is 12.2. The van der Waals surface area contributed by atoms with Crippen LogP contribution in [0.25, 0.3) is 6.08 Å². The van der Waals surface area contributed by atoms with Gasteiger partial charge in [0.2, 0.25) is 22.7 Å². The molecular weight excluding hydrogens is 488 g/mol. The number of carbonyl (C=O) groups is 2. The van der Waals surface area contributed by atoms with Crippen LogP contribution in [0.3, 0.4) is 0 Å². The van der Waals surface area contributed by atoms with Crippen LogP contribution in [0.15, 0.2) is 40.7 Å². The normalized spacial score (nSPS) is 10.8. The van der Waals surface area contributed by atoms with E-state index < -0.39 is 0 Å². The molecule has 1 aromatic heterocycles. The summed E-state index contributed by atoms with van der Waals surface area (Å²) in [6.45, 7) is 3.92. The molecule has 0 saturated carbocycles. The van der Waals surface area contributed by atoms with Crippen molar-refractivity contribution in [2.75, 3.05) is 37.7 Å². The molecule has 184 valence electrons. The predicted octanol–water partition coefficient (Wildman–Crippen LogP) is 4.56. The molecule has 2 N–H and O–H groups in total. The Bertz CT molecular complexity index is 1220. The Morgan fingerprint density at radius 2 is 1.71 bits per heavy atom. The van der Waals surface area contributed by atoms with E-state index in [0.29, 0.717) is 32.3 Å². The molecule has 0 atom stereocenters. The van der Waals surface area contributed by atoms with Gasteiger partial charge in [-0.05, 0) is 54.8 Å². The first-order valence-corrected chi connectivity index (χ1v) is 12.3. The molecule has 0 aliphatic heterocycles. The summed E-state index contributed by atoms with van der Waals surface area (Å²) in [7, 11) is 4.57. The molecule has 0 unspecified atom stereocenters. The summed E-state index contributed by atoms with van der Waals surface area (Å²) in [6, 6.07) is 9.36. The molecule has 9 nitrogen and oxygen atoms in total. The minimum absolute atomic E-state index is 0.141. The topological polar surface area (TPSA) is 112 Å². The third kappa shape index (κ3) is 7.20. The quantitative estimate of drug-likeness (QED) is 0.230. The van der Waals surface area contributed by atoms with Gasteiger partial charge in [0, 0.05) is 11.8 Å². The Morgan fingerprint density at radius 3 is 2.37 bits per heavy atom. The van der Waals surface area contributed by atoms with E-state index >= 15 is 0 Å². The maximum absolute atomic E-state index is 12.3. The van der Waals surface area contributed by atoms with E-state index in [1.165, 1.54) is 50.5 Å². The third-order valence-electron chi connectivity index (χ3n) is 4.74. The van der Waals surface area contributed by atoms with E-state index in [0.717, 1.165) is 16.8 Å². The van der Waals surface area contributed by atoms with Gasteiger partial charge >= 0.3 is 0 Å². The van der Waals surface area contributed by atoms with Crippen LogP contribution in [-0.4, -0.2) is 49.1 Å². The number of rotatable bonds is 10. The molecule has 11 heteroatoms. The highest BCUT2D eigenvalue weighted by molar-refractivity contribution is 8.01. The lowest BCUT2D eigenvalue weighted by Crippen LogP contribution is -2.14. The summed E-state index contributed by atoms with van der Waals surface area (Å²) in [6.07, 6.45) is 2.99. The van der Waals surface area contributed by atoms with Crippen molar-refractivity contribution in [3.05, 3.63) is 53.1 Å². The summed E-state index contributed by atoms with van der Waals surface area (Å²) >= 11 is 2.44. The van der Waals surface area contributed by atoms with E-state index in [1.54, 1.807) is 18.2 Å². The lowest BCUT2D eigenvalue weighted by molar-refractivity contribution is -0.114. The molecule has 1 heterocycles. The maximum Gasteiger partial charge on any atom is 0.250 e. The Labute approximate surface area is 211 Å². The highest BCUT2D eigenvalue weighted by Gasteiger charge is 2.13. The number of thioether (sulfide) groups is 1. The SMILES string of the molecule is COc1cc(/C=C/C(=O)Nc2nnc(SCC(=O)Nc3cc(C)ccc3C)s2)cc(OC)c1OC. The number of ether oxygens (including phenoxy) is 3. The number of aromatic nitrogens is 2. The predicted molar refractivity (Wildman–Crippen MR) is 139 cm³/mol. The van der Waals surface area contributed by atoms with E-state index in [4.69, 9.17) is 14.2 Å². The molecule has 2 aromatic carbocycles. The van der Waals surface area contributed by atoms with Crippen molar-refractivity contribution in [1.29, 1.82) is 0 Å². The van der Waals surface area contributed by atoms with Crippen molar-refractivity contribution < 1.29 is 23.8 Å². The van der Waals surface area contributed by atoms with Gasteiger partial charge in [0.25, 0.3) is 0 Å². The molecule has 2 amide bonds. The molecule has 0 spiro atoms. The number of benzene rings is 2. The van der Waals surface area contributed by atoms with Gasteiger partial charge in [-0.2, -0.15) is 0 Å². The van der Waals surface area contributed by atoms with Crippen molar-refractivity contribution in [2.45, 2.75) is 18.2 Å². The van der Waals surface area contributed by atoms with Crippen LogP contribution in [0, 0.1) is 13.8 Å². The van der Waals surface area contributed by atoms with Crippen molar-refractivity contribution in [3.63, 3.8) is 0 Å². The van der Waals surface area contributed by atoms with Crippen LogP contribution in [0.2, 0.25) is 0 Å². The van der Waals surface area contributed by atoms with Gasteiger partial charge in [-0.25, -0.2) is 0 Å². The van der Waals surface area contributed by atoms with Crippen molar-refractivity contribution in [1.82, 2.24) is 10.2 Å². The molecule has 3 rings (SSSR count). The van der Waals surface area contributed by atoms with Crippen molar-refractivity contribution >= 4 is 51.8 Å². The molecular formula is C24H26N4O5S2. The largest absolute Gasteiger partial charge is 0.493 e. The van der Waals surface area contributed by atoms with Crippen LogP contribution in [-0.2, 0) is 9.59 Å². The van der Waals surface area contributed by atoms with Crippen LogP contribution < -0.4 is 24.8 Å². The van der Waals surface area contributed by atoms with Crippen molar-refractivity contribution in [3.8, 4) is 17.2 Å². The van der Waals surface area contributed by atoms with Crippen molar-refractivity contribution in [2.24, 2.45) is 0 Å². The number of aryl methyl sites for hydroxylation is 2. The summed E-state index contributed by atoms with van der Waals surface area (Å²) in [5.41, 5.74) is 3.55. The number of hydrogen-bond acceptors (Lipinski definition) is 9. The molecule has 0 saturated heterocycles. The second-order valence-corrected chi connectivity index (χ2v) is 9.51. The number of nitrogens with one attached hydrogen (secondary N) is 2. The van der Waals surface area contributed by atoms with Gasteiger partial charge in [-0.15, -0.1) is 10.2 Å². The van der Waals surface area contributed by atoms with Crippen LogP contribution in [0.5, 0.6) is 17.2 Å². The molecule has 35 heavy (non-hydrogen) atoms. The Hall–Kier alpha value is -3.57. The smallest absolute Gasteiger partial charge is 0.250 e. The first-order valence-electron chi connectivity index (χ1n) is 10.5. The number of carbonyl (C=O) groups excluding carboxylic acids is 2. The highest BCUT2D eigenvalue weighted by atomic mass is 32.2. The average Bonchev–Trinajstić information content (AvgIpc) is 3.30. The Kier molecular flexibility index (Phi) is 9.10. The van der Waals surface area contributed by atoms with Gasteiger partial charge in [0.1, 0.15) is 0 Å². The van der Waals surface area contributed by atoms with E-state index in [1.807, 2.05) is 32.0 Å². The molecule has 0 radical (unpaired) electrons. The first-order chi connectivity index (χ1) is 16.8. The lowest BCUT2D eigenvalue weighted by atomic mass is 10.1. The standard InChI is InChI=1S/C24H26N4O5S2/c1-14-6-7-15(2)17(10-14)25-21(30)13-34-24-28-27-23(35-24)26-20(29)9-8-16-11-18(31-3)22(33-5)19(12-16)32-4/h6-12H,13H2,1-5H3,(H,25,30)(H,26,27,29)/b9-8+. The fourth-order valence-electron chi connectivity index (χ4n) is 3.02. The molecule has 0 aliphatic rings. The number of amides is 2. The lowest BCUT2D eigenvalue weighted by Gasteiger charge is -2.12. The Balaban J connectivity index is 1.55. The summed E-state index contributed by atoms with van der Waals surface area (Å²) in [5, 5.41) is 13.9. The first kappa shape index (κ1) is 26.0. The average molecular weight is 515 g/mol. The van der Waals surface area contributed by atoms with Gasteiger partial charge in [0.15, 0.2) is 15.8 Å². The highest BCUT2D eigenvalue weighted by Crippen LogP contribution is 2.38. The maximum atomic E-state index is 12.3. The van der Waals surface area contributed by atoms with Crippen LogP contribution in [0.1, 0.15) is 16.7 Å². The fraction of sp³-hybridized carbons (Fsp3) is 0.250. The van der Waals surface area contributed by atoms with Crippen LogP contribution in [0.4, 0.5) is 10.8 Å². The zero-order valence-electron chi connectivity index (χ0n) is 20.0. The summed E-state index contributed by atoms with van der Waals surface area (Å²) in [5.74, 6) is 1.10. The third-order valence-corrected chi connectivity index (χ3v) is 6.72. The molecule has 0 fully saturated rings. The number of nitrogens with zero attached hydrogens (tertiary/aromatic N) is 2. The zero-order chi connectivity index (χ0) is 25.4. The Morgan fingerprint density at radius 1 is 1.00 bits per heavy atom. The van der Waals surface area contributed by atoms with Gasteiger partial charge in [0.05, 0.1) is 27.1 Å². The number of hydrogen-bond donors (Lipinski definition) is 2. The minimum Gasteiger partial charge on any atom is -0.493 e. The van der Waals surface area contributed by atoms with Crippen LogP contribution >= 0.6 is 23.1 Å². The minimum atomic E-state index is -0.376. The number of methoxy groups -OCH3 is 3. The monoisotopic (exact) mass is 514 g/mol. The molecule has 3 aromatic rings. The second-order valence-electron chi connectivity index (χ2n) is 7.31.